The molecule has 1 aliphatic heterocycles. The van der Waals surface area contributed by atoms with Crippen LogP contribution < -0.4 is 10.1 Å². The number of hydrogen-bond donors (Lipinski definition) is 1. The minimum absolute atomic E-state index is 0.120. The van der Waals surface area contributed by atoms with Gasteiger partial charge in [0.2, 0.25) is 11.0 Å². The Bertz CT molecular complexity index is 942. The molecule has 0 unspecified atom stereocenters. The normalized spacial score (nSPS) is 15.4. The fraction of sp³-hybridized carbons (Fsp3) is 0.278. The summed E-state index contributed by atoms with van der Waals surface area (Å²) in [6, 6.07) is 7.43. The highest BCUT2D eigenvalue weighted by Crippen LogP contribution is 2.34. The quantitative estimate of drug-likeness (QED) is 0.528. The Morgan fingerprint density at radius 1 is 1.36 bits per heavy atom. The van der Waals surface area contributed by atoms with Crippen LogP contribution in [0.15, 0.2) is 29.2 Å². The average Bonchev–Trinajstić information content (AvgIpc) is 3.25. The molecule has 1 N–H and O–H groups in total. The van der Waals surface area contributed by atoms with E-state index in [-0.39, 0.29) is 24.8 Å². The van der Waals surface area contributed by atoms with Gasteiger partial charge >= 0.3 is 0 Å². The standard InChI is InChI=1S/C18H18N4O3S3/c1-3-15-20-21-17(28-15)19-14(23)8-9-22-16(24)13(27-18(22)26)10-11-6-4-5-7-12(11)25-2/h4-7,10H,3,8-9H2,1-2H3,(H,19,21,23). The largest absolute Gasteiger partial charge is 0.496 e. The van der Waals surface area contributed by atoms with E-state index in [9.17, 15) is 9.59 Å². The van der Waals surface area contributed by atoms with Gasteiger partial charge in [0, 0.05) is 18.5 Å². The number of aryl methyl sites for hydroxylation is 1. The number of benzene rings is 1. The van der Waals surface area contributed by atoms with Gasteiger partial charge in [0.25, 0.3) is 5.91 Å². The van der Waals surface area contributed by atoms with Crippen LogP contribution in [0, 0.1) is 0 Å². The Balaban J connectivity index is 1.62. The second kappa shape index (κ2) is 9.26. The van der Waals surface area contributed by atoms with Crippen molar-refractivity contribution in [3.63, 3.8) is 0 Å². The van der Waals surface area contributed by atoms with Crippen LogP contribution >= 0.6 is 35.3 Å². The van der Waals surface area contributed by atoms with Crippen molar-refractivity contribution in [3.8, 4) is 5.75 Å². The van der Waals surface area contributed by atoms with Gasteiger partial charge in [0.15, 0.2) is 0 Å². The zero-order chi connectivity index (χ0) is 20.1. The number of carbonyl (C=O) groups excluding carboxylic acids is 2. The monoisotopic (exact) mass is 434 g/mol. The summed E-state index contributed by atoms with van der Waals surface area (Å²) >= 11 is 7.88. The van der Waals surface area contributed by atoms with Gasteiger partial charge in [-0.2, -0.15) is 0 Å². The number of ether oxygens (including phenoxy) is 1. The maximum atomic E-state index is 12.7. The minimum Gasteiger partial charge on any atom is -0.496 e. The molecule has 3 rings (SSSR count). The van der Waals surface area contributed by atoms with Crippen molar-refractivity contribution < 1.29 is 14.3 Å². The third-order valence-electron chi connectivity index (χ3n) is 3.88. The highest BCUT2D eigenvalue weighted by Gasteiger charge is 2.32. The lowest BCUT2D eigenvalue weighted by Gasteiger charge is -2.13. The average molecular weight is 435 g/mol. The number of para-hydroxylation sites is 1. The van der Waals surface area contributed by atoms with Gasteiger partial charge in [0.05, 0.1) is 12.0 Å². The molecule has 0 spiro atoms. The maximum absolute atomic E-state index is 12.7. The third kappa shape index (κ3) is 4.75. The third-order valence-corrected chi connectivity index (χ3v) is 6.24. The highest BCUT2D eigenvalue weighted by atomic mass is 32.2. The first kappa shape index (κ1) is 20.4. The fourth-order valence-corrected chi connectivity index (χ4v) is 4.46. The molecule has 10 heteroatoms. The van der Waals surface area contributed by atoms with E-state index < -0.39 is 0 Å². The van der Waals surface area contributed by atoms with Gasteiger partial charge in [-0.05, 0) is 18.6 Å². The molecule has 28 heavy (non-hydrogen) atoms. The van der Waals surface area contributed by atoms with Crippen LogP contribution in [0.3, 0.4) is 0 Å². The number of aromatic nitrogens is 2. The van der Waals surface area contributed by atoms with Crippen LogP contribution in [0.25, 0.3) is 6.08 Å². The molecule has 146 valence electrons. The molecule has 2 heterocycles. The van der Waals surface area contributed by atoms with E-state index in [0.29, 0.717) is 20.1 Å². The van der Waals surface area contributed by atoms with Crippen molar-refractivity contribution >= 4 is 62.7 Å². The molecular formula is C18H18N4O3S3. The molecule has 0 atom stereocenters. The molecule has 0 radical (unpaired) electrons. The van der Waals surface area contributed by atoms with E-state index in [2.05, 4.69) is 15.5 Å². The Morgan fingerprint density at radius 3 is 2.86 bits per heavy atom. The number of carbonyl (C=O) groups is 2. The van der Waals surface area contributed by atoms with Crippen LogP contribution in [-0.4, -0.2) is 44.9 Å². The van der Waals surface area contributed by atoms with E-state index in [0.717, 1.165) is 17.0 Å². The first-order chi connectivity index (χ1) is 13.5. The molecule has 1 aromatic carbocycles. The van der Waals surface area contributed by atoms with Crippen LogP contribution in [0.4, 0.5) is 5.13 Å². The lowest BCUT2D eigenvalue weighted by Crippen LogP contribution is -2.31. The molecule has 2 aromatic rings. The number of hydrogen-bond acceptors (Lipinski definition) is 8. The number of nitrogens with zero attached hydrogens (tertiary/aromatic N) is 3. The van der Waals surface area contributed by atoms with Crippen molar-refractivity contribution in [1.29, 1.82) is 0 Å². The van der Waals surface area contributed by atoms with Crippen LogP contribution in [0.5, 0.6) is 5.75 Å². The number of thiocarbonyl (C=S) groups is 1. The van der Waals surface area contributed by atoms with Crippen LogP contribution in [0.2, 0.25) is 0 Å². The first-order valence-corrected chi connectivity index (χ1v) is 10.6. The molecule has 0 saturated carbocycles. The first-order valence-electron chi connectivity index (χ1n) is 8.52. The summed E-state index contributed by atoms with van der Waals surface area (Å²) in [5.74, 6) is 0.232. The number of thioether (sulfide) groups is 1. The molecule has 7 nitrogen and oxygen atoms in total. The molecule has 1 saturated heterocycles. The molecule has 0 bridgehead atoms. The molecular weight excluding hydrogens is 416 g/mol. The van der Waals surface area contributed by atoms with E-state index in [4.69, 9.17) is 17.0 Å². The summed E-state index contributed by atoms with van der Waals surface area (Å²) in [4.78, 5) is 26.8. The van der Waals surface area contributed by atoms with Crippen molar-refractivity contribution in [3.05, 3.63) is 39.7 Å². The zero-order valence-electron chi connectivity index (χ0n) is 15.3. The molecule has 1 fully saturated rings. The van der Waals surface area contributed by atoms with Crippen molar-refractivity contribution in [2.45, 2.75) is 19.8 Å². The van der Waals surface area contributed by atoms with Gasteiger partial charge < -0.3 is 10.1 Å². The lowest BCUT2D eigenvalue weighted by atomic mass is 10.2. The number of methoxy groups -OCH3 is 1. The summed E-state index contributed by atoms with van der Waals surface area (Å²) in [6.07, 6.45) is 2.64. The Hall–Kier alpha value is -2.30. The minimum atomic E-state index is -0.235. The molecule has 0 aliphatic carbocycles. The molecule has 2 amide bonds. The van der Waals surface area contributed by atoms with Gasteiger partial charge in [-0.25, -0.2) is 0 Å². The van der Waals surface area contributed by atoms with Crippen LogP contribution in [-0.2, 0) is 16.0 Å². The summed E-state index contributed by atoms with van der Waals surface area (Å²) < 4.78 is 5.75. The second-order valence-corrected chi connectivity index (χ2v) is 8.47. The Labute approximate surface area is 176 Å². The predicted octanol–water partition coefficient (Wildman–Crippen LogP) is 3.34. The highest BCUT2D eigenvalue weighted by molar-refractivity contribution is 8.26. The SMILES string of the molecule is CCc1nnc(NC(=O)CCN2C(=O)C(=Cc3ccccc3OC)SC2=S)s1. The number of anilines is 1. The van der Waals surface area contributed by atoms with E-state index in [1.165, 1.54) is 28.0 Å². The van der Waals surface area contributed by atoms with E-state index in [1.807, 2.05) is 31.2 Å². The Kier molecular flexibility index (Phi) is 6.76. The lowest BCUT2D eigenvalue weighted by molar-refractivity contribution is -0.122. The second-order valence-electron chi connectivity index (χ2n) is 5.73. The summed E-state index contributed by atoms with van der Waals surface area (Å²) in [5, 5.41) is 11.9. The fourth-order valence-electron chi connectivity index (χ4n) is 2.46. The zero-order valence-corrected chi connectivity index (χ0v) is 17.7. The van der Waals surface area contributed by atoms with Crippen molar-refractivity contribution in [2.75, 3.05) is 19.0 Å². The smallest absolute Gasteiger partial charge is 0.266 e. The van der Waals surface area contributed by atoms with E-state index in [1.54, 1.807) is 13.2 Å². The molecule has 1 aliphatic rings. The predicted molar refractivity (Wildman–Crippen MR) is 115 cm³/mol. The van der Waals surface area contributed by atoms with Gasteiger partial charge in [0.1, 0.15) is 15.1 Å². The van der Waals surface area contributed by atoms with E-state index >= 15 is 0 Å². The van der Waals surface area contributed by atoms with Gasteiger partial charge in [-0.1, -0.05) is 60.4 Å². The maximum Gasteiger partial charge on any atom is 0.266 e. The summed E-state index contributed by atoms with van der Waals surface area (Å²) in [5.41, 5.74) is 0.797. The van der Waals surface area contributed by atoms with Crippen molar-refractivity contribution in [2.24, 2.45) is 0 Å². The number of rotatable bonds is 7. The topological polar surface area (TPSA) is 84.4 Å². The van der Waals surface area contributed by atoms with Gasteiger partial charge in [-0.3, -0.25) is 14.5 Å². The molecule has 1 aromatic heterocycles. The van der Waals surface area contributed by atoms with Crippen LogP contribution in [0.1, 0.15) is 23.9 Å². The van der Waals surface area contributed by atoms with Gasteiger partial charge in [-0.15, -0.1) is 10.2 Å². The number of amides is 2. The Morgan fingerprint density at radius 2 is 2.14 bits per heavy atom. The summed E-state index contributed by atoms with van der Waals surface area (Å²) in [6.45, 7) is 2.18. The van der Waals surface area contributed by atoms with Crippen molar-refractivity contribution in [1.82, 2.24) is 15.1 Å². The summed E-state index contributed by atoms with van der Waals surface area (Å²) in [7, 11) is 1.58. The number of nitrogens with one attached hydrogen (secondary N) is 1.